The largest absolute Gasteiger partial charge is 0.399 e. The molecule has 1 saturated carbocycles. The van der Waals surface area contributed by atoms with Gasteiger partial charge in [0.2, 0.25) is 0 Å². The van der Waals surface area contributed by atoms with Crippen LogP contribution in [0.2, 0.25) is 0 Å². The highest BCUT2D eigenvalue weighted by molar-refractivity contribution is 9.10. The highest BCUT2D eigenvalue weighted by Gasteiger charge is 2.37. The molecule has 0 aromatic heterocycles. The summed E-state index contributed by atoms with van der Waals surface area (Å²) in [6, 6.07) is 16.8. The summed E-state index contributed by atoms with van der Waals surface area (Å²) >= 11 is 3.50. The number of halogens is 1. The third-order valence-corrected chi connectivity index (χ3v) is 4.71. The first kappa shape index (κ1) is 13.7. The van der Waals surface area contributed by atoms with E-state index in [1.807, 2.05) is 18.2 Å². The van der Waals surface area contributed by atoms with Gasteiger partial charge in [-0.3, -0.25) is 0 Å². The molecule has 20 heavy (non-hydrogen) atoms. The lowest BCUT2D eigenvalue weighted by Crippen LogP contribution is -2.47. The van der Waals surface area contributed by atoms with Crippen LogP contribution in [0.5, 0.6) is 0 Å². The molecule has 104 valence electrons. The zero-order valence-electron chi connectivity index (χ0n) is 11.4. The Morgan fingerprint density at radius 2 is 1.85 bits per heavy atom. The van der Waals surface area contributed by atoms with Gasteiger partial charge < -0.3 is 11.1 Å². The number of anilines is 1. The molecule has 0 atom stereocenters. The molecule has 0 radical (unpaired) electrons. The minimum Gasteiger partial charge on any atom is -0.399 e. The highest BCUT2D eigenvalue weighted by Crippen LogP contribution is 2.41. The van der Waals surface area contributed by atoms with Crippen LogP contribution in [0.3, 0.4) is 0 Å². The second-order valence-corrected chi connectivity index (χ2v) is 6.46. The zero-order chi connectivity index (χ0) is 14.0. The minimum atomic E-state index is 0.144. The van der Waals surface area contributed by atoms with E-state index in [2.05, 4.69) is 51.6 Å². The molecule has 0 heterocycles. The molecule has 2 nitrogen and oxygen atoms in total. The van der Waals surface area contributed by atoms with Gasteiger partial charge in [-0.2, -0.15) is 0 Å². The summed E-state index contributed by atoms with van der Waals surface area (Å²) in [7, 11) is 0. The number of nitrogens with two attached hydrogens (primary N) is 1. The topological polar surface area (TPSA) is 38.0 Å². The van der Waals surface area contributed by atoms with Crippen LogP contribution in [0.15, 0.2) is 53.0 Å². The van der Waals surface area contributed by atoms with E-state index in [0.717, 1.165) is 16.7 Å². The molecule has 0 bridgehead atoms. The first-order chi connectivity index (χ1) is 9.68. The van der Waals surface area contributed by atoms with Crippen molar-refractivity contribution in [3.63, 3.8) is 0 Å². The first-order valence-corrected chi connectivity index (χ1v) is 7.83. The monoisotopic (exact) mass is 330 g/mol. The van der Waals surface area contributed by atoms with Crippen molar-refractivity contribution in [3.05, 3.63) is 64.1 Å². The predicted molar refractivity (Wildman–Crippen MR) is 87.4 cm³/mol. The van der Waals surface area contributed by atoms with Gasteiger partial charge >= 0.3 is 0 Å². The van der Waals surface area contributed by atoms with Crippen molar-refractivity contribution < 1.29 is 0 Å². The molecule has 1 aliphatic carbocycles. The summed E-state index contributed by atoms with van der Waals surface area (Å²) in [6.45, 7) is 0.862. The lowest BCUT2D eigenvalue weighted by Gasteiger charge is -2.43. The summed E-state index contributed by atoms with van der Waals surface area (Å²) in [6.07, 6.45) is 3.70. The normalized spacial score (nSPS) is 16.6. The van der Waals surface area contributed by atoms with Gasteiger partial charge in [0, 0.05) is 22.2 Å². The van der Waals surface area contributed by atoms with Gasteiger partial charge in [0.1, 0.15) is 0 Å². The summed E-state index contributed by atoms with van der Waals surface area (Å²) in [5.41, 5.74) is 9.44. The van der Waals surface area contributed by atoms with E-state index in [1.165, 1.54) is 30.4 Å². The Labute approximate surface area is 128 Å². The molecule has 0 unspecified atom stereocenters. The molecule has 0 amide bonds. The first-order valence-electron chi connectivity index (χ1n) is 7.03. The fourth-order valence-electron chi connectivity index (χ4n) is 2.84. The molecule has 1 aliphatic rings. The summed E-state index contributed by atoms with van der Waals surface area (Å²) in [4.78, 5) is 0. The lowest BCUT2D eigenvalue weighted by atomic mass is 9.71. The summed E-state index contributed by atoms with van der Waals surface area (Å²) in [5, 5.41) is 3.74. The lowest BCUT2D eigenvalue weighted by molar-refractivity contribution is 0.183. The number of nitrogens with one attached hydrogen (secondary N) is 1. The fraction of sp³-hybridized carbons (Fsp3) is 0.294. The van der Waals surface area contributed by atoms with E-state index in [1.54, 1.807) is 0 Å². The van der Waals surface area contributed by atoms with E-state index in [9.17, 15) is 0 Å². The van der Waals surface area contributed by atoms with Crippen molar-refractivity contribution in [2.45, 2.75) is 31.3 Å². The maximum Gasteiger partial charge on any atom is 0.0437 e. The number of hydrogen-bond donors (Lipinski definition) is 2. The quantitative estimate of drug-likeness (QED) is 0.824. The van der Waals surface area contributed by atoms with Crippen molar-refractivity contribution in [3.8, 4) is 0 Å². The van der Waals surface area contributed by atoms with E-state index >= 15 is 0 Å². The van der Waals surface area contributed by atoms with Gasteiger partial charge in [0.15, 0.2) is 0 Å². The molecule has 3 rings (SSSR count). The zero-order valence-corrected chi connectivity index (χ0v) is 13.0. The SMILES string of the molecule is Nc1cccc(CNC2(c3ccc(Br)cc3)CCC2)c1. The maximum atomic E-state index is 5.84. The number of hydrogen-bond acceptors (Lipinski definition) is 2. The minimum absolute atomic E-state index is 0.144. The molecule has 1 fully saturated rings. The van der Waals surface area contributed by atoms with E-state index in [-0.39, 0.29) is 5.54 Å². The van der Waals surface area contributed by atoms with Crippen molar-refractivity contribution in [2.75, 3.05) is 5.73 Å². The van der Waals surface area contributed by atoms with Crippen LogP contribution in [0.4, 0.5) is 5.69 Å². The van der Waals surface area contributed by atoms with Gasteiger partial charge in [0.25, 0.3) is 0 Å². The fourth-order valence-corrected chi connectivity index (χ4v) is 3.11. The number of rotatable bonds is 4. The van der Waals surface area contributed by atoms with E-state index in [0.29, 0.717) is 0 Å². The maximum absolute atomic E-state index is 5.84. The average molecular weight is 331 g/mol. The van der Waals surface area contributed by atoms with Crippen molar-refractivity contribution in [2.24, 2.45) is 0 Å². The third kappa shape index (κ3) is 2.74. The highest BCUT2D eigenvalue weighted by atomic mass is 79.9. The second kappa shape index (κ2) is 5.58. The van der Waals surface area contributed by atoms with E-state index in [4.69, 9.17) is 5.73 Å². The van der Waals surface area contributed by atoms with Crippen LogP contribution in [0, 0.1) is 0 Å². The summed E-state index contributed by atoms with van der Waals surface area (Å²) < 4.78 is 1.13. The van der Waals surface area contributed by atoms with Crippen LogP contribution >= 0.6 is 15.9 Å². The summed E-state index contributed by atoms with van der Waals surface area (Å²) in [5.74, 6) is 0. The Bertz CT molecular complexity index is 588. The van der Waals surface area contributed by atoms with Crippen molar-refractivity contribution in [1.82, 2.24) is 5.32 Å². The van der Waals surface area contributed by atoms with Crippen molar-refractivity contribution in [1.29, 1.82) is 0 Å². The van der Waals surface area contributed by atoms with Crippen LogP contribution in [0.25, 0.3) is 0 Å². The van der Waals surface area contributed by atoms with Gasteiger partial charge in [-0.25, -0.2) is 0 Å². The van der Waals surface area contributed by atoms with E-state index < -0.39 is 0 Å². The van der Waals surface area contributed by atoms with Crippen molar-refractivity contribution >= 4 is 21.6 Å². The molecule has 3 heteroatoms. The molecule has 0 aliphatic heterocycles. The van der Waals surface area contributed by atoms with Gasteiger partial charge in [-0.05, 0) is 54.7 Å². The number of benzene rings is 2. The Balaban J connectivity index is 1.75. The van der Waals surface area contributed by atoms with Gasteiger partial charge in [-0.15, -0.1) is 0 Å². The predicted octanol–water partition coefficient (Wildman–Crippen LogP) is 4.20. The second-order valence-electron chi connectivity index (χ2n) is 5.54. The Morgan fingerprint density at radius 1 is 1.10 bits per heavy atom. The smallest absolute Gasteiger partial charge is 0.0437 e. The Morgan fingerprint density at radius 3 is 2.45 bits per heavy atom. The van der Waals surface area contributed by atoms with Crippen LogP contribution in [0.1, 0.15) is 30.4 Å². The van der Waals surface area contributed by atoms with Gasteiger partial charge in [-0.1, -0.05) is 40.2 Å². The molecule has 3 N–H and O–H groups in total. The molecule has 2 aromatic rings. The molecule has 2 aromatic carbocycles. The molecular formula is C17H19BrN2. The molecular weight excluding hydrogens is 312 g/mol. The standard InChI is InChI=1S/C17H19BrN2/c18-15-7-5-14(6-8-15)17(9-2-10-17)20-12-13-3-1-4-16(19)11-13/h1,3-8,11,20H,2,9-10,12,19H2. The Hall–Kier alpha value is -1.32. The van der Waals surface area contributed by atoms with Crippen LogP contribution < -0.4 is 11.1 Å². The Kier molecular flexibility index (Phi) is 3.81. The van der Waals surface area contributed by atoms with Crippen LogP contribution in [-0.4, -0.2) is 0 Å². The average Bonchev–Trinajstić information content (AvgIpc) is 2.39. The molecule has 0 saturated heterocycles. The molecule has 0 spiro atoms. The third-order valence-electron chi connectivity index (χ3n) is 4.19. The van der Waals surface area contributed by atoms with Gasteiger partial charge in [0.05, 0.1) is 0 Å². The number of nitrogen functional groups attached to an aromatic ring is 1. The van der Waals surface area contributed by atoms with Crippen LogP contribution in [-0.2, 0) is 12.1 Å².